The van der Waals surface area contributed by atoms with Gasteiger partial charge in [-0.05, 0) is 14.0 Å². The summed E-state index contributed by atoms with van der Waals surface area (Å²) in [5, 5.41) is 8.39. The number of carboxylic acid groups (broad SMARTS) is 1. The number of nitrogens with zero attached hydrogens (tertiary/aromatic N) is 1. The maximum atomic E-state index is 10.2. The Kier molecular flexibility index (Phi) is 4.81. The van der Waals surface area contributed by atoms with Crippen LogP contribution in [0.15, 0.2) is 0 Å². The molecule has 0 fully saturated rings. The summed E-state index contributed by atoms with van der Waals surface area (Å²) in [5.74, 6) is -0.809. The molecule has 0 aromatic rings. The molecular weight excluding hydrogens is 146 g/mol. The van der Waals surface area contributed by atoms with Crippen molar-refractivity contribution in [2.24, 2.45) is 0 Å². The molecule has 0 aromatic heterocycles. The van der Waals surface area contributed by atoms with E-state index in [2.05, 4.69) is 0 Å². The van der Waals surface area contributed by atoms with Crippen LogP contribution in [0.2, 0.25) is 0 Å². The Morgan fingerprint density at radius 1 is 1.73 bits per heavy atom. The predicted octanol–water partition coefficient (Wildman–Crippen LogP) is 0.0377. The van der Waals surface area contributed by atoms with Crippen molar-refractivity contribution in [2.75, 3.05) is 27.2 Å². The van der Waals surface area contributed by atoms with E-state index in [0.29, 0.717) is 6.54 Å². The van der Waals surface area contributed by atoms with Gasteiger partial charge in [-0.3, -0.25) is 9.69 Å². The molecule has 0 amide bonds. The van der Waals surface area contributed by atoms with Gasteiger partial charge in [0.15, 0.2) is 0 Å². The van der Waals surface area contributed by atoms with Gasteiger partial charge in [-0.15, -0.1) is 0 Å². The molecule has 0 aliphatic rings. The quantitative estimate of drug-likeness (QED) is 0.618. The van der Waals surface area contributed by atoms with E-state index in [0.717, 1.165) is 0 Å². The molecule has 0 heterocycles. The molecule has 0 rings (SSSR count). The Hall–Kier alpha value is -0.610. The van der Waals surface area contributed by atoms with Gasteiger partial charge in [0, 0.05) is 13.7 Å². The molecule has 0 radical (unpaired) electrons. The molecule has 1 unspecified atom stereocenters. The third-order valence-corrected chi connectivity index (χ3v) is 1.38. The van der Waals surface area contributed by atoms with Gasteiger partial charge < -0.3 is 9.84 Å². The molecule has 0 saturated carbocycles. The minimum atomic E-state index is -0.809. The summed E-state index contributed by atoms with van der Waals surface area (Å²) in [6, 6.07) is 0. The second-order valence-corrected chi connectivity index (χ2v) is 2.64. The van der Waals surface area contributed by atoms with Gasteiger partial charge in [-0.25, -0.2) is 0 Å². The molecule has 0 aliphatic heterocycles. The number of likely N-dealkylation sites (N-methyl/N-ethyl adjacent to an activating group) is 1. The molecule has 4 nitrogen and oxygen atoms in total. The summed E-state index contributed by atoms with van der Waals surface area (Å²) >= 11 is 0. The Bertz CT molecular complexity index is 127. The summed E-state index contributed by atoms with van der Waals surface area (Å²) in [6.45, 7) is 2.61. The average molecular weight is 161 g/mol. The van der Waals surface area contributed by atoms with E-state index in [1.165, 1.54) is 0 Å². The fourth-order valence-corrected chi connectivity index (χ4v) is 0.809. The number of ether oxygens (including phenoxy) is 1. The summed E-state index contributed by atoms with van der Waals surface area (Å²) in [7, 11) is 3.36. The molecule has 0 saturated heterocycles. The van der Waals surface area contributed by atoms with Crippen LogP contribution in [0.5, 0.6) is 0 Å². The topological polar surface area (TPSA) is 49.8 Å². The third kappa shape index (κ3) is 5.82. The van der Waals surface area contributed by atoms with Crippen LogP contribution in [0.3, 0.4) is 0 Å². The van der Waals surface area contributed by atoms with Crippen molar-refractivity contribution in [1.29, 1.82) is 0 Å². The number of aliphatic carboxylic acids is 1. The predicted molar refractivity (Wildman–Crippen MR) is 41.6 cm³/mol. The second-order valence-electron chi connectivity index (χ2n) is 2.64. The van der Waals surface area contributed by atoms with Crippen LogP contribution in [0.1, 0.15) is 6.92 Å². The maximum absolute atomic E-state index is 10.2. The van der Waals surface area contributed by atoms with Gasteiger partial charge in [-0.1, -0.05) is 0 Å². The smallest absolute Gasteiger partial charge is 0.317 e. The normalized spacial score (nSPS) is 13.5. The Labute approximate surface area is 66.8 Å². The molecule has 66 valence electrons. The minimum absolute atomic E-state index is 0.0632. The van der Waals surface area contributed by atoms with Crippen molar-refractivity contribution >= 4 is 5.97 Å². The lowest BCUT2D eigenvalue weighted by Crippen LogP contribution is -2.32. The van der Waals surface area contributed by atoms with Gasteiger partial charge in [0.1, 0.15) is 0 Å². The van der Waals surface area contributed by atoms with Crippen LogP contribution in [-0.2, 0) is 9.53 Å². The van der Waals surface area contributed by atoms with Crippen molar-refractivity contribution in [1.82, 2.24) is 4.90 Å². The van der Waals surface area contributed by atoms with E-state index in [1.807, 2.05) is 6.92 Å². The Balaban J connectivity index is 3.51. The second kappa shape index (κ2) is 5.09. The van der Waals surface area contributed by atoms with Gasteiger partial charge in [0.2, 0.25) is 0 Å². The third-order valence-electron chi connectivity index (χ3n) is 1.38. The van der Waals surface area contributed by atoms with E-state index >= 15 is 0 Å². The SMILES string of the molecule is COC(C)CN(C)CC(=O)O. The largest absolute Gasteiger partial charge is 0.480 e. The Morgan fingerprint density at radius 2 is 2.27 bits per heavy atom. The van der Waals surface area contributed by atoms with Gasteiger partial charge in [-0.2, -0.15) is 0 Å². The van der Waals surface area contributed by atoms with E-state index in [-0.39, 0.29) is 12.6 Å². The molecule has 1 N–H and O–H groups in total. The molecule has 0 bridgehead atoms. The molecule has 11 heavy (non-hydrogen) atoms. The van der Waals surface area contributed by atoms with Crippen LogP contribution in [0, 0.1) is 0 Å². The lowest BCUT2D eigenvalue weighted by Gasteiger charge is -2.17. The fraction of sp³-hybridized carbons (Fsp3) is 0.857. The van der Waals surface area contributed by atoms with Crippen molar-refractivity contribution in [3.63, 3.8) is 0 Å². The number of methoxy groups -OCH3 is 1. The molecule has 0 spiro atoms. The van der Waals surface area contributed by atoms with E-state index in [1.54, 1.807) is 19.1 Å². The first kappa shape index (κ1) is 10.4. The van der Waals surface area contributed by atoms with Crippen molar-refractivity contribution in [3.05, 3.63) is 0 Å². The minimum Gasteiger partial charge on any atom is -0.480 e. The maximum Gasteiger partial charge on any atom is 0.317 e. The van der Waals surface area contributed by atoms with E-state index in [9.17, 15) is 4.79 Å². The number of carboxylic acids is 1. The highest BCUT2D eigenvalue weighted by Crippen LogP contribution is 1.91. The van der Waals surface area contributed by atoms with Gasteiger partial charge >= 0.3 is 5.97 Å². The summed E-state index contributed by atoms with van der Waals surface area (Å²) in [6.07, 6.45) is 0.0827. The first-order chi connectivity index (χ1) is 5.06. The Morgan fingerprint density at radius 3 is 2.64 bits per heavy atom. The summed E-state index contributed by atoms with van der Waals surface area (Å²) in [5.41, 5.74) is 0. The van der Waals surface area contributed by atoms with E-state index < -0.39 is 5.97 Å². The van der Waals surface area contributed by atoms with Crippen molar-refractivity contribution in [2.45, 2.75) is 13.0 Å². The van der Waals surface area contributed by atoms with Crippen LogP contribution in [0.25, 0.3) is 0 Å². The number of carbonyl (C=O) groups is 1. The highest BCUT2D eigenvalue weighted by atomic mass is 16.5. The zero-order valence-corrected chi connectivity index (χ0v) is 7.20. The molecule has 4 heteroatoms. The zero-order chi connectivity index (χ0) is 8.85. The van der Waals surface area contributed by atoms with Gasteiger partial charge in [0.05, 0.1) is 12.6 Å². The van der Waals surface area contributed by atoms with Crippen LogP contribution in [-0.4, -0.2) is 49.3 Å². The number of hydrogen-bond donors (Lipinski definition) is 1. The molecule has 1 atom stereocenters. The summed E-state index contributed by atoms with van der Waals surface area (Å²) in [4.78, 5) is 11.9. The lowest BCUT2D eigenvalue weighted by atomic mass is 10.4. The number of hydrogen-bond acceptors (Lipinski definition) is 3. The van der Waals surface area contributed by atoms with E-state index in [4.69, 9.17) is 9.84 Å². The lowest BCUT2D eigenvalue weighted by molar-refractivity contribution is -0.138. The zero-order valence-electron chi connectivity index (χ0n) is 7.20. The number of rotatable bonds is 5. The first-order valence-corrected chi connectivity index (χ1v) is 3.49. The van der Waals surface area contributed by atoms with Crippen LogP contribution >= 0.6 is 0 Å². The van der Waals surface area contributed by atoms with Crippen molar-refractivity contribution < 1.29 is 14.6 Å². The molecule has 0 aromatic carbocycles. The van der Waals surface area contributed by atoms with Gasteiger partial charge in [0.25, 0.3) is 0 Å². The van der Waals surface area contributed by atoms with Crippen molar-refractivity contribution in [3.8, 4) is 0 Å². The molecule has 0 aliphatic carbocycles. The monoisotopic (exact) mass is 161 g/mol. The molecular formula is C7H15NO3. The standard InChI is InChI=1S/C7H15NO3/c1-6(11-3)4-8(2)5-7(9)10/h6H,4-5H2,1-3H3,(H,9,10). The highest BCUT2D eigenvalue weighted by Gasteiger charge is 2.07. The summed E-state index contributed by atoms with van der Waals surface area (Å²) < 4.78 is 4.97. The fourth-order valence-electron chi connectivity index (χ4n) is 0.809. The van der Waals surface area contributed by atoms with Crippen LogP contribution < -0.4 is 0 Å². The average Bonchev–Trinajstić information content (AvgIpc) is 1.85. The highest BCUT2D eigenvalue weighted by molar-refractivity contribution is 5.68. The first-order valence-electron chi connectivity index (χ1n) is 3.49. The van der Waals surface area contributed by atoms with Crippen LogP contribution in [0.4, 0.5) is 0 Å².